The molecule has 4 aromatic rings. The van der Waals surface area contributed by atoms with E-state index in [4.69, 9.17) is 0 Å². The molecule has 0 saturated heterocycles. The number of aromatic hydroxyl groups is 1. The number of hydrogen-bond donors (Lipinski definition) is 1. The molecule has 38 heavy (non-hydrogen) atoms. The normalized spacial score (nSPS) is 12.1. The summed E-state index contributed by atoms with van der Waals surface area (Å²) >= 11 is 0. The Kier molecular flexibility index (Phi) is 8.73. The highest BCUT2D eigenvalue weighted by Crippen LogP contribution is 2.36. The van der Waals surface area contributed by atoms with Crippen molar-refractivity contribution < 1.29 is 36.5 Å². The van der Waals surface area contributed by atoms with Gasteiger partial charge in [-0.15, -0.1) is 0 Å². The van der Waals surface area contributed by atoms with Gasteiger partial charge >= 0.3 is 13.2 Å². The molecule has 0 aliphatic heterocycles. The van der Waals surface area contributed by atoms with Crippen LogP contribution in [0.15, 0.2) is 79.1 Å². The highest BCUT2D eigenvalue weighted by Gasteiger charge is 2.22. The summed E-state index contributed by atoms with van der Waals surface area (Å²) in [6, 6.07) is 17.2. The Morgan fingerprint density at radius 2 is 1.58 bits per heavy atom. The van der Waals surface area contributed by atoms with Crippen LogP contribution in [0.2, 0.25) is 0 Å². The first-order valence-corrected chi connectivity index (χ1v) is 11.6. The van der Waals surface area contributed by atoms with Crippen molar-refractivity contribution in [3.8, 4) is 17.2 Å². The molecule has 0 bridgehead atoms. The lowest BCUT2D eigenvalue weighted by Gasteiger charge is -2.20. The molecule has 1 atom stereocenters. The average molecular weight is 530 g/mol. The second-order valence-corrected chi connectivity index (χ2v) is 8.38. The van der Waals surface area contributed by atoms with Gasteiger partial charge in [-0.1, -0.05) is 30.3 Å². The number of aryl methyl sites for hydroxylation is 2. The van der Waals surface area contributed by atoms with Crippen LogP contribution in [0.1, 0.15) is 34.0 Å². The molecular weight excluding hydrogens is 507 g/mol. The van der Waals surface area contributed by atoms with Gasteiger partial charge < -0.3 is 14.6 Å². The molecule has 5 nitrogen and oxygen atoms in total. The summed E-state index contributed by atoms with van der Waals surface area (Å²) < 4.78 is 74.0. The molecule has 0 aliphatic carbocycles. The molecule has 0 fully saturated rings. The van der Waals surface area contributed by atoms with Crippen LogP contribution in [0.5, 0.6) is 17.2 Å². The number of pyridine rings is 2. The number of halogens is 5. The van der Waals surface area contributed by atoms with Crippen LogP contribution in [-0.4, -0.2) is 28.3 Å². The van der Waals surface area contributed by atoms with E-state index in [9.17, 15) is 27.1 Å². The fraction of sp³-hybridized carbons (Fsp3) is 0.214. The summed E-state index contributed by atoms with van der Waals surface area (Å²) in [5, 5.41) is 9.90. The molecule has 4 rings (SSSR count). The Morgan fingerprint density at radius 1 is 0.789 bits per heavy atom. The van der Waals surface area contributed by atoms with Gasteiger partial charge in [0.1, 0.15) is 0 Å². The Labute approximate surface area is 215 Å². The van der Waals surface area contributed by atoms with Gasteiger partial charge in [0.2, 0.25) is 0 Å². The minimum absolute atomic E-state index is 0.341. The molecule has 1 N–H and O–H groups in total. The molecule has 2 aromatic heterocycles. The third-order valence-electron chi connectivity index (χ3n) is 5.90. The quantitative estimate of drug-likeness (QED) is 0.219. The smallest absolute Gasteiger partial charge is 0.387 e. The average Bonchev–Trinajstić information content (AvgIpc) is 2.90. The number of aromatic nitrogens is 2. The third-order valence-corrected chi connectivity index (χ3v) is 5.90. The van der Waals surface area contributed by atoms with Gasteiger partial charge in [-0.25, -0.2) is 4.39 Å². The van der Waals surface area contributed by atoms with Gasteiger partial charge in [0, 0.05) is 36.1 Å². The number of phenols is 1. The SMILES string of the molecule is Oc1c(F)cccc1CCc1ccc(C(Cc2ccccn2)c2ccc(OC(F)F)c(OC(F)F)c2)nc1. The molecule has 0 radical (unpaired) electrons. The van der Waals surface area contributed by atoms with E-state index in [2.05, 4.69) is 19.4 Å². The monoisotopic (exact) mass is 530 g/mol. The second kappa shape index (κ2) is 12.4. The minimum atomic E-state index is -3.24. The van der Waals surface area contributed by atoms with Gasteiger partial charge in [-0.3, -0.25) is 9.97 Å². The van der Waals surface area contributed by atoms with Gasteiger partial charge in [-0.05, 0) is 65.9 Å². The highest BCUT2D eigenvalue weighted by molar-refractivity contribution is 5.46. The molecule has 1 unspecified atom stereocenters. The van der Waals surface area contributed by atoms with Crippen molar-refractivity contribution >= 4 is 0 Å². The van der Waals surface area contributed by atoms with E-state index in [1.807, 2.05) is 12.1 Å². The summed E-state index contributed by atoms with van der Waals surface area (Å²) in [7, 11) is 0. The van der Waals surface area contributed by atoms with Crippen LogP contribution >= 0.6 is 0 Å². The van der Waals surface area contributed by atoms with Crippen molar-refractivity contribution in [3.63, 3.8) is 0 Å². The van der Waals surface area contributed by atoms with Crippen molar-refractivity contribution in [1.82, 2.24) is 9.97 Å². The largest absolute Gasteiger partial charge is 0.505 e. The number of rotatable bonds is 11. The lowest BCUT2D eigenvalue weighted by molar-refractivity contribution is -0.0692. The van der Waals surface area contributed by atoms with Crippen molar-refractivity contribution in [1.29, 1.82) is 0 Å². The van der Waals surface area contributed by atoms with Crippen LogP contribution in [-0.2, 0) is 19.3 Å². The fourth-order valence-corrected chi connectivity index (χ4v) is 4.07. The van der Waals surface area contributed by atoms with Crippen LogP contribution in [0.4, 0.5) is 22.0 Å². The number of alkyl halides is 4. The number of phenolic OH excluding ortho intramolecular Hbond substituents is 1. The Bertz CT molecular complexity index is 1340. The van der Waals surface area contributed by atoms with E-state index >= 15 is 0 Å². The van der Waals surface area contributed by atoms with Crippen LogP contribution in [0.25, 0.3) is 0 Å². The number of hydrogen-bond acceptors (Lipinski definition) is 5. The predicted octanol–water partition coefficient (Wildman–Crippen LogP) is 6.68. The van der Waals surface area contributed by atoms with Gasteiger partial charge in [0.15, 0.2) is 23.1 Å². The first kappa shape index (κ1) is 26.8. The standard InChI is InChI=1S/C28H23F5N2O3/c29-22-6-3-4-18(26(22)36)9-7-17-8-11-23(35-16-17)21(15-20-5-1-2-13-34-20)19-10-12-24(37-27(30)31)25(14-19)38-28(32)33/h1-6,8,10-14,16,21,27-28,36H,7,9,15H2. The van der Waals surface area contributed by atoms with E-state index < -0.39 is 36.5 Å². The number of nitrogens with zero attached hydrogens (tertiary/aromatic N) is 2. The first-order chi connectivity index (χ1) is 18.3. The lowest BCUT2D eigenvalue weighted by Crippen LogP contribution is -2.11. The summed E-state index contributed by atoms with van der Waals surface area (Å²) in [6.07, 6.45) is 4.48. The number of para-hydroxylation sites is 1. The topological polar surface area (TPSA) is 64.5 Å². The maximum Gasteiger partial charge on any atom is 0.387 e. The molecule has 2 aromatic carbocycles. The Hall–Kier alpha value is -4.21. The molecule has 10 heteroatoms. The van der Waals surface area contributed by atoms with Crippen molar-refractivity contribution in [2.75, 3.05) is 0 Å². The molecule has 0 amide bonds. The maximum absolute atomic E-state index is 13.6. The molecule has 198 valence electrons. The van der Waals surface area contributed by atoms with Crippen LogP contribution in [0.3, 0.4) is 0 Å². The van der Waals surface area contributed by atoms with Gasteiger partial charge in [-0.2, -0.15) is 17.6 Å². The van der Waals surface area contributed by atoms with Gasteiger partial charge in [0.25, 0.3) is 0 Å². The Morgan fingerprint density at radius 3 is 2.26 bits per heavy atom. The third kappa shape index (κ3) is 6.96. The summed E-state index contributed by atoms with van der Waals surface area (Å²) in [5.74, 6) is -2.58. The van der Waals surface area contributed by atoms with Crippen LogP contribution < -0.4 is 9.47 Å². The second-order valence-electron chi connectivity index (χ2n) is 8.38. The zero-order chi connectivity index (χ0) is 27.1. The van der Waals surface area contributed by atoms with E-state index in [-0.39, 0.29) is 5.75 Å². The molecule has 0 saturated carbocycles. The summed E-state index contributed by atoms with van der Waals surface area (Å²) in [6.45, 7) is -6.46. The first-order valence-electron chi connectivity index (χ1n) is 11.6. The maximum atomic E-state index is 13.6. The molecule has 2 heterocycles. The van der Waals surface area contributed by atoms with Crippen molar-refractivity contribution in [2.45, 2.75) is 38.4 Å². The van der Waals surface area contributed by atoms with E-state index in [1.165, 1.54) is 24.3 Å². The van der Waals surface area contributed by atoms with E-state index in [0.717, 1.165) is 11.6 Å². The van der Waals surface area contributed by atoms with Crippen LogP contribution in [0, 0.1) is 5.82 Å². The molecule has 0 spiro atoms. The molecular formula is C28H23F5N2O3. The van der Waals surface area contributed by atoms with Gasteiger partial charge in [0.05, 0.1) is 0 Å². The number of benzene rings is 2. The van der Waals surface area contributed by atoms with E-state index in [0.29, 0.717) is 41.8 Å². The lowest BCUT2D eigenvalue weighted by atomic mass is 9.89. The van der Waals surface area contributed by atoms with Crippen molar-refractivity contribution in [3.05, 3.63) is 113 Å². The Balaban J connectivity index is 1.62. The predicted molar refractivity (Wildman–Crippen MR) is 129 cm³/mol. The van der Waals surface area contributed by atoms with E-state index in [1.54, 1.807) is 36.7 Å². The number of ether oxygens (including phenoxy) is 2. The fourth-order valence-electron chi connectivity index (χ4n) is 4.07. The zero-order valence-corrected chi connectivity index (χ0v) is 19.9. The minimum Gasteiger partial charge on any atom is -0.505 e. The molecule has 0 aliphatic rings. The van der Waals surface area contributed by atoms with Crippen molar-refractivity contribution in [2.24, 2.45) is 0 Å². The highest BCUT2D eigenvalue weighted by atomic mass is 19.3. The summed E-state index contributed by atoms with van der Waals surface area (Å²) in [4.78, 5) is 8.90. The summed E-state index contributed by atoms with van der Waals surface area (Å²) in [5.41, 5.74) is 3.07. The zero-order valence-electron chi connectivity index (χ0n) is 19.9.